The molecule has 3 aromatic carbocycles. The van der Waals surface area contributed by atoms with Gasteiger partial charge < -0.3 is 10.2 Å². The second-order valence-corrected chi connectivity index (χ2v) is 20.9. The zero-order valence-electron chi connectivity index (χ0n) is 47.5. The van der Waals surface area contributed by atoms with Crippen molar-refractivity contribution in [3.05, 3.63) is 81.9 Å². The Morgan fingerprint density at radius 1 is 0.352 bits per heavy atom. The van der Waals surface area contributed by atoms with E-state index in [9.17, 15) is 10.2 Å². The van der Waals surface area contributed by atoms with E-state index in [0.717, 1.165) is 61.9 Å². The molecule has 3 rings (SSSR count). The van der Waals surface area contributed by atoms with E-state index in [1.807, 2.05) is 6.92 Å². The molecule has 0 radical (unpaired) electrons. The van der Waals surface area contributed by atoms with Crippen LogP contribution >= 0.6 is 0 Å². The van der Waals surface area contributed by atoms with E-state index in [4.69, 9.17) is 9.98 Å². The van der Waals surface area contributed by atoms with E-state index >= 15 is 0 Å². The first-order chi connectivity index (χ1) is 34.3. The van der Waals surface area contributed by atoms with Crippen LogP contribution in [0.15, 0.2) is 58.5 Å². The molecule has 5 heteroatoms. The van der Waals surface area contributed by atoms with Crippen molar-refractivity contribution in [2.75, 3.05) is 0 Å². The van der Waals surface area contributed by atoms with Gasteiger partial charge in [-0.25, -0.2) is 0 Å². The van der Waals surface area contributed by atoms with Gasteiger partial charge in [0, 0.05) is 0 Å². The topological polar surface area (TPSA) is 70.8 Å². The van der Waals surface area contributed by atoms with Crippen molar-refractivity contribution >= 4 is 22.8 Å². The fourth-order valence-corrected chi connectivity index (χ4v) is 9.73. The average Bonchev–Trinajstić information content (AvgIpc) is 3.37. The molecule has 0 saturated carbocycles. The Morgan fingerprint density at radius 2 is 0.662 bits per heavy atom. The molecule has 0 aromatic heterocycles. The van der Waals surface area contributed by atoms with Crippen LogP contribution in [0.1, 0.15) is 294 Å². The summed E-state index contributed by atoms with van der Waals surface area (Å²) in [7, 11) is 0. The second-order valence-electron chi connectivity index (χ2n) is 20.9. The van der Waals surface area contributed by atoms with Crippen molar-refractivity contribution in [1.82, 2.24) is 0 Å². The van der Waals surface area contributed by atoms with E-state index < -0.39 is 0 Å². The summed E-state index contributed by atoms with van der Waals surface area (Å²) in [4.78, 5) is 11.2. The molecule has 0 aliphatic rings. The Labute approximate surface area is 449 Å². The monoisotopic (exact) mass is 1020 g/mol. The number of benzene rings is 3. The van der Waals surface area contributed by atoms with Crippen molar-refractivity contribution in [3.8, 4) is 11.5 Å². The number of rotatable bonds is 41. The summed E-state index contributed by atoms with van der Waals surface area (Å²) in [6.07, 6.45) is 48.3. The van der Waals surface area contributed by atoms with Gasteiger partial charge >= 0.3 is 16.5 Å². The third-order valence-electron chi connectivity index (χ3n) is 14.5. The van der Waals surface area contributed by atoms with Crippen LogP contribution in [0.4, 0.5) is 11.4 Å². The van der Waals surface area contributed by atoms with E-state index in [1.54, 1.807) is 6.07 Å². The Bertz CT molecular complexity index is 1810. The summed E-state index contributed by atoms with van der Waals surface area (Å²) in [6, 6.07) is 17.4. The SMILES string of the molecule is CCCCCCCCCCCCCCCCCC(=Nc1ccc(CCCC)c(CCCC)c1)C(CCCCCCCC)=Nc1ccc(CCCC)c(CCCC)c1.CCCCc1c(C)ccc([O-])c1[O-].[Ni+2]. The molecule has 0 spiro atoms. The van der Waals surface area contributed by atoms with E-state index in [-0.39, 0.29) is 28.0 Å². The third-order valence-corrected chi connectivity index (χ3v) is 14.5. The minimum Gasteiger partial charge on any atom is -0.873 e. The maximum atomic E-state index is 11.4. The predicted molar refractivity (Wildman–Crippen MR) is 308 cm³/mol. The number of nitrogens with zero attached hydrogens (tertiary/aromatic N) is 2. The largest absolute Gasteiger partial charge is 2.00 e. The maximum absolute atomic E-state index is 11.4. The molecule has 0 bridgehead atoms. The molecule has 0 fully saturated rings. The molecular formula is C66H108N2NiO2. The number of hydrogen-bond acceptors (Lipinski definition) is 4. The van der Waals surface area contributed by atoms with Gasteiger partial charge in [0.25, 0.3) is 0 Å². The Hall–Kier alpha value is -2.91. The smallest absolute Gasteiger partial charge is 0.873 e. The molecular weight excluding hydrogens is 911 g/mol. The molecule has 0 saturated heterocycles. The maximum Gasteiger partial charge on any atom is 2.00 e. The summed E-state index contributed by atoms with van der Waals surface area (Å²) in [5.74, 6) is -0.690. The molecule has 0 aliphatic heterocycles. The van der Waals surface area contributed by atoms with Crippen molar-refractivity contribution in [1.29, 1.82) is 0 Å². The fourth-order valence-electron chi connectivity index (χ4n) is 9.73. The van der Waals surface area contributed by atoms with Gasteiger partial charge in [-0.05, 0) is 149 Å². The number of unbranched alkanes of at least 4 members (excludes halogenated alkanes) is 24. The van der Waals surface area contributed by atoms with Gasteiger partial charge in [0.2, 0.25) is 0 Å². The van der Waals surface area contributed by atoms with Crippen LogP contribution < -0.4 is 10.2 Å². The van der Waals surface area contributed by atoms with Gasteiger partial charge in [-0.2, -0.15) is 0 Å². The van der Waals surface area contributed by atoms with Crippen molar-refractivity contribution < 1.29 is 26.7 Å². The fraction of sp³-hybridized carbons (Fsp3) is 0.697. The van der Waals surface area contributed by atoms with Gasteiger partial charge in [-0.15, -0.1) is 11.5 Å². The van der Waals surface area contributed by atoms with Crippen LogP contribution in [0.2, 0.25) is 0 Å². The summed E-state index contributed by atoms with van der Waals surface area (Å²) in [5, 5.41) is 22.4. The number of aliphatic imine (C=N–C) groups is 2. The normalized spacial score (nSPS) is 11.7. The van der Waals surface area contributed by atoms with Crippen LogP contribution in [0.3, 0.4) is 0 Å². The van der Waals surface area contributed by atoms with Gasteiger partial charge in [0.15, 0.2) is 0 Å². The van der Waals surface area contributed by atoms with Gasteiger partial charge in [0.05, 0.1) is 22.8 Å². The Morgan fingerprint density at radius 3 is 1.01 bits per heavy atom. The summed E-state index contributed by atoms with van der Waals surface area (Å²) < 4.78 is 0. The minimum absolute atomic E-state index is 0. The summed E-state index contributed by atoms with van der Waals surface area (Å²) in [6.45, 7) is 17.8. The zero-order valence-corrected chi connectivity index (χ0v) is 48.5. The van der Waals surface area contributed by atoms with Crippen molar-refractivity contribution in [2.45, 2.75) is 299 Å². The molecule has 0 N–H and O–H groups in total. The first-order valence-electron chi connectivity index (χ1n) is 30.1. The van der Waals surface area contributed by atoms with E-state index in [0.29, 0.717) is 5.56 Å². The van der Waals surface area contributed by atoms with Gasteiger partial charge in [-0.3, -0.25) is 9.98 Å². The van der Waals surface area contributed by atoms with Crippen LogP contribution in [0.25, 0.3) is 0 Å². The molecule has 3 aromatic rings. The third kappa shape index (κ3) is 30.2. The summed E-state index contributed by atoms with van der Waals surface area (Å²) >= 11 is 0. The molecule has 404 valence electrons. The van der Waals surface area contributed by atoms with Crippen LogP contribution in [-0.4, -0.2) is 11.4 Å². The standard InChI is InChI=1S/C55H94N2.C11H16O2.Ni/c1-7-13-19-21-23-24-25-26-27-28-29-30-31-33-35-41-55(57-53-45-43-49(37-16-10-4)51(47-53)39-18-12-6)54(40-34-32-22-20-14-8-2)56-52-44-42-48(36-15-9-3)50(46-52)38-17-11-5;1-3-4-5-9-8(2)6-7-10(12)11(9)13;/h42-47H,7-41H2,1-6H3;6-7,12-13H,3-5H2,1-2H3;/q;;+2/p-2. The predicted octanol–water partition coefficient (Wildman–Crippen LogP) is 20.4. The quantitative estimate of drug-likeness (QED) is 0.0323. The van der Waals surface area contributed by atoms with Crippen LogP contribution in [0.5, 0.6) is 11.5 Å². The molecule has 0 amide bonds. The van der Waals surface area contributed by atoms with Crippen molar-refractivity contribution in [3.63, 3.8) is 0 Å². The van der Waals surface area contributed by atoms with E-state index in [1.165, 1.54) is 239 Å². The first kappa shape index (κ1) is 66.1. The zero-order chi connectivity index (χ0) is 50.9. The van der Waals surface area contributed by atoms with Crippen molar-refractivity contribution in [2.24, 2.45) is 9.98 Å². The number of aryl methyl sites for hydroxylation is 5. The first-order valence-corrected chi connectivity index (χ1v) is 30.1. The average molecular weight is 1020 g/mol. The molecule has 0 heterocycles. The molecule has 71 heavy (non-hydrogen) atoms. The minimum atomic E-state index is -0.378. The van der Waals surface area contributed by atoms with E-state index in [2.05, 4.69) is 84.9 Å². The Balaban J connectivity index is 0.00000155. The van der Waals surface area contributed by atoms with Crippen LogP contribution in [-0.2, 0) is 48.6 Å². The number of hydrogen-bond donors (Lipinski definition) is 0. The Kier molecular flexibility index (Phi) is 41.5. The molecule has 4 nitrogen and oxygen atoms in total. The molecule has 0 unspecified atom stereocenters. The van der Waals surface area contributed by atoms with Crippen LogP contribution in [0, 0.1) is 6.92 Å². The summed E-state index contributed by atoms with van der Waals surface area (Å²) in [5.41, 5.74) is 12.6. The van der Waals surface area contributed by atoms with Gasteiger partial charge in [0.1, 0.15) is 0 Å². The molecule has 0 atom stereocenters. The van der Waals surface area contributed by atoms with Gasteiger partial charge in [-0.1, -0.05) is 232 Å². The molecule has 0 aliphatic carbocycles. The second kappa shape index (κ2) is 44.6.